The van der Waals surface area contributed by atoms with Crippen LogP contribution in [0.4, 0.5) is 11.4 Å². The number of anilines is 2. The van der Waals surface area contributed by atoms with Gasteiger partial charge in [-0.05, 0) is 12.1 Å². The molecular formula is C12H16N2O4. The summed E-state index contributed by atoms with van der Waals surface area (Å²) < 4.78 is 9.30. The van der Waals surface area contributed by atoms with E-state index < -0.39 is 11.9 Å². The molecule has 1 rings (SSSR count). The van der Waals surface area contributed by atoms with E-state index in [9.17, 15) is 9.59 Å². The predicted octanol–water partition coefficient (Wildman–Crippen LogP) is 0.908. The maximum atomic E-state index is 11.6. The molecule has 2 N–H and O–H groups in total. The third-order valence-electron chi connectivity index (χ3n) is 2.46. The monoisotopic (exact) mass is 252 g/mol. The Balaban J connectivity index is 3.43. The van der Waals surface area contributed by atoms with Crippen LogP contribution in [-0.4, -0.2) is 40.3 Å². The fourth-order valence-corrected chi connectivity index (χ4v) is 1.54. The van der Waals surface area contributed by atoms with E-state index in [4.69, 9.17) is 5.73 Å². The van der Waals surface area contributed by atoms with Gasteiger partial charge in [-0.3, -0.25) is 0 Å². The number of carbonyl (C=O) groups is 2. The summed E-state index contributed by atoms with van der Waals surface area (Å²) in [5, 5.41) is 0. The second kappa shape index (κ2) is 5.39. The van der Waals surface area contributed by atoms with Crippen LogP contribution in [0.15, 0.2) is 12.1 Å². The Morgan fingerprint density at radius 3 is 2.00 bits per heavy atom. The molecule has 0 aliphatic rings. The summed E-state index contributed by atoms with van der Waals surface area (Å²) in [7, 11) is 6.05. The SMILES string of the molecule is COC(=O)c1cc(N(C)C)c(C(=O)OC)cc1N. The standard InChI is InChI=1S/C12H16N2O4/c1-14(2)10-6-7(11(15)17-3)9(13)5-8(10)12(16)18-4/h5-6H,13H2,1-4H3. The molecule has 6 heteroatoms. The van der Waals surface area contributed by atoms with E-state index >= 15 is 0 Å². The Hall–Kier alpha value is -2.24. The summed E-state index contributed by atoms with van der Waals surface area (Å²) in [5.74, 6) is -1.06. The molecule has 98 valence electrons. The maximum absolute atomic E-state index is 11.6. The Morgan fingerprint density at radius 1 is 1.06 bits per heavy atom. The summed E-state index contributed by atoms with van der Waals surface area (Å²) in [4.78, 5) is 24.8. The lowest BCUT2D eigenvalue weighted by Gasteiger charge is -2.18. The van der Waals surface area contributed by atoms with Crippen molar-refractivity contribution in [3.8, 4) is 0 Å². The first-order valence-electron chi connectivity index (χ1n) is 5.19. The number of carbonyl (C=O) groups excluding carboxylic acids is 2. The van der Waals surface area contributed by atoms with E-state index in [-0.39, 0.29) is 11.3 Å². The quantitative estimate of drug-likeness (QED) is 0.636. The van der Waals surface area contributed by atoms with Gasteiger partial charge in [0.1, 0.15) is 0 Å². The minimum absolute atomic E-state index is 0.174. The number of nitrogen functional groups attached to an aromatic ring is 1. The van der Waals surface area contributed by atoms with Gasteiger partial charge in [0.2, 0.25) is 0 Å². The highest BCUT2D eigenvalue weighted by atomic mass is 16.5. The van der Waals surface area contributed by atoms with E-state index in [1.54, 1.807) is 19.0 Å². The molecule has 0 unspecified atom stereocenters. The zero-order valence-corrected chi connectivity index (χ0v) is 10.8. The first kappa shape index (κ1) is 13.8. The normalized spacial score (nSPS) is 9.78. The molecule has 0 heterocycles. The van der Waals surface area contributed by atoms with Crippen molar-refractivity contribution in [2.75, 3.05) is 38.9 Å². The Bertz CT molecular complexity index is 483. The topological polar surface area (TPSA) is 81.9 Å². The van der Waals surface area contributed by atoms with Gasteiger partial charge < -0.3 is 20.1 Å². The lowest BCUT2D eigenvalue weighted by molar-refractivity contribution is 0.0588. The summed E-state index contributed by atoms with van der Waals surface area (Å²) in [6, 6.07) is 2.92. The maximum Gasteiger partial charge on any atom is 0.340 e. The van der Waals surface area contributed by atoms with E-state index in [0.29, 0.717) is 11.3 Å². The van der Waals surface area contributed by atoms with E-state index in [1.807, 2.05) is 0 Å². The average molecular weight is 252 g/mol. The molecule has 6 nitrogen and oxygen atoms in total. The Labute approximate surface area is 105 Å². The minimum atomic E-state index is -0.549. The molecule has 0 bridgehead atoms. The molecule has 0 aromatic heterocycles. The number of methoxy groups -OCH3 is 2. The number of ether oxygens (including phenoxy) is 2. The van der Waals surface area contributed by atoms with Crippen molar-refractivity contribution in [2.24, 2.45) is 0 Å². The van der Waals surface area contributed by atoms with Crippen LogP contribution < -0.4 is 10.6 Å². The van der Waals surface area contributed by atoms with Crippen molar-refractivity contribution in [1.29, 1.82) is 0 Å². The molecular weight excluding hydrogens is 236 g/mol. The fraction of sp³-hybridized carbons (Fsp3) is 0.333. The zero-order valence-electron chi connectivity index (χ0n) is 10.8. The Kier molecular flexibility index (Phi) is 4.14. The molecule has 0 saturated carbocycles. The molecule has 1 aromatic carbocycles. The van der Waals surface area contributed by atoms with Crippen LogP contribution >= 0.6 is 0 Å². The number of benzene rings is 1. The number of nitrogens with zero attached hydrogens (tertiary/aromatic N) is 1. The molecule has 0 fully saturated rings. The van der Waals surface area contributed by atoms with Gasteiger partial charge in [0.15, 0.2) is 0 Å². The van der Waals surface area contributed by atoms with Crippen LogP contribution in [0.2, 0.25) is 0 Å². The largest absolute Gasteiger partial charge is 0.465 e. The van der Waals surface area contributed by atoms with Crippen LogP contribution in [0.1, 0.15) is 20.7 Å². The number of esters is 2. The molecule has 0 aliphatic heterocycles. The smallest absolute Gasteiger partial charge is 0.340 e. The molecule has 1 aromatic rings. The van der Waals surface area contributed by atoms with Gasteiger partial charge in [-0.15, -0.1) is 0 Å². The van der Waals surface area contributed by atoms with E-state index in [1.165, 1.54) is 26.4 Å². The fourth-order valence-electron chi connectivity index (χ4n) is 1.54. The van der Waals surface area contributed by atoms with Crippen LogP contribution in [-0.2, 0) is 9.47 Å². The number of hydrogen-bond donors (Lipinski definition) is 1. The summed E-state index contributed by atoms with van der Waals surface area (Å²) in [5.41, 5.74) is 6.96. The van der Waals surface area contributed by atoms with Gasteiger partial charge in [-0.25, -0.2) is 9.59 Å². The van der Waals surface area contributed by atoms with Crippen LogP contribution in [0.5, 0.6) is 0 Å². The van der Waals surface area contributed by atoms with Crippen molar-refractivity contribution < 1.29 is 19.1 Å². The van der Waals surface area contributed by atoms with Crippen molar-refractivity contribution >= 4 is 23.3 Å². The van der Waals surface area contributed by atoms with Crippen molar-refractivity contribution in [2.45, 2.75) is 0 Å². The van der Waals surface area contributed by atoms with Crippen LogP contribution in [0.3, 0.4) is 0 Å². The number of nitrogens with two attached hydrogens (primary N) is 1. The zero-order chi connectivity index (χ0) is 13.9. The lowest BCUT2D eigenvalue weighted by Crippen LogP contribution is -2.17. The second-order valence-corrected chi connectivity index (χ2v) is 3.83. The molecule has 18 heavy (non-hydrogen) atoms. The third-order valence-corrected chi connectivity index (χ3v) is 2.46. The van der Waals surface area contributed by atoms with Crippen LogP contribution in [0.25, 0.3) is 0 Å². The van der Waals surface area contributed by atoms with Gasteiger partial charge in [-0.1, -0.05) is 0 Å². The van der Waals surface area contributed by atoms with Gasteiger partial charge in [0.05, 0.1) is 31.0 Å². The van der Waals surface area contributed by atoms with Crippen LogP contribution in [0, 0.1) is 0 Å². The number of hydrogen-bond acceptors (Lipinski definition) is 6. The average Bonchev–Trinajstić information content (AvgIpc) is 2.36. The second-order valence-electron chi connectivity index (χ2n) is 3.83. The lowest BCUT2D eigenvalue weighted by atomic mass is 10.1. The predicted molar refractivity (Wildman–Crippen MR) is 67.9 cm³/mol. The molecule has 0 spiro atoms. The minimum Gasteiger partial charge on any atom is -0.465 e. The van der Waals surface area contributed by atoms with Crippen molar-refractivity contribution in [3.05, 3.63) is 23.3 Å². The van der Waals surface area contributed by atoms with Crippen molar-refractivity contribution in [3.63, 3.8) is 0 Å². The van der Waals surface area contributed by atoms with Crippen molar-refractivity contribution in [1.82, 2.24) is 0 Å². The van der Waals surface area contributed by atoms with E-state index in [2.05, 4.69) is 9.47 Å². The Morgan fingerprint density at radius 2 is 1.56 bits per heavy atom. The third kappa shape index (κ3) is 2.53. The van der Waals surface area contributed by atoms with Gasteiger partial charge >= 0.3 is 11.9 Å². The highest BCUT2D eigenvalue weighted by Gasteiger charge is 2.19. The van der Waals surface area contributed by atoms with Gasteiger partial charge in [0, 0.05) is 19.8 Å². The summed E-state index contributed by atoms with van der Waals surface area (Å²) >= 11 is 0. The molecule has 0 saturated heterocycles. The van der Waals surface area contributed by atoms with Gasteiger partial charge in [0.25, 0.3) is 0 Å². The highest BCUT2D eigenvalue weighted by molar-refractivity contribution is 6.02. The van der Waals surface area contributed by atoms with Gasteiger partial charge in [-0.2, -0.15) is 0 Å². The van der Waals surface area contributed by atoms with E-state index in [0.717, 1.165) is 0 Å². The molecule has 0 radical (unpaired) electrons. The summed E-state index contributed by atoms with van der Waals surface area (Å²) in [6.07, 6.45) is 0. The highest BCUT2D eigenvalue weighted by Crippen LogP contribution is 2.26. The molecule has 0 atom stereocenters. The first-order chi connectivity index (χ1) is 8.42. The summed E-state index contributed by atoms with van der Waals surface area (Å²) in [6.45, 7) is 0. The molecule has 0 amide bonds. The molecule has 0 aliphatic carbocycles. The first-order valence-corrected chi connectivity index (χ1v) is 5.19. The number of rotatable bonds is 3.